The van der Waals surface area contributed by atoms with Crippen molar-refractivity contribution in [2.45, 2.75) is 13.0 Å². The van der Waals surface area contributed by atoms with Crippen molar-refractivity contribution < 1.29 is 4.39 Å². The Labute approximate surface area is 97.6 Å². The van der Waals surface area contributed by atoms with Crippen molar-refractivity contribution in [1.29, 1.82) is 0 Å². The highest BCUT2D eigenvalue weighted by Crippen LogP contribution is 2.27. The van der Waals surface area contributed by atoms with Crippen LogP contribution in [0.15, 0.2) is 22.7 Å². The van der Waals surface area contributed by atoms with Crippen LogP contribution in [0.5, 0.6) is 0 Å². The summed E-state index contributed by atoms with van der Waals surface area (Å²) >= 11 is 3.40. The molecule has 1 aromatic rings. The van der Waals surface area contributed by atoms with E-state index in [1.165, 1.54) is 12.1 Å². The Kier molecular flexibility index (Phi) is 3.26. The molecule has 0 bridgehead atoms. The highest BCUT2D eigenvalue weighted by Gasteiger charge is 2.17. The molecule has 15 heavy (non-hydrogen) atoms. The second kappa shape index (κ2) is 4.49. The first kappa shape index (κ1) is 10.9. The van der Waals surface area contributed by atoms with Crippen LogP contribution in [-0.4, -0.2) is 25.7 Å². The van der Waals surface area contributed by atoms with Gasteiger partial charge in [-0.3, -0.25) is 0 Å². The lowest BCUT2D eigenvalue weighted by Crippen LogP contribution is -2.49. The number of rotatable bonds is 1. The number of nitrogens with zero attached hydrogens (tertiary/aromatic N) is 1. The summed E-state index contributed by atoms with van der Waals surface area (Å²) in [6.45, 7) is 5.06. The van der Waals surface area contributed by atoms with Crippen molar-refractivity contribution in [3.8, 4) is 0 Å². The molecule has 1 N–H and O–H groups in total. The number of nitrogens with one attached hydrogen (secondary N) is 1. The van der Waals surface area contributed by atoms with Crippen LogP contribution in [0.4, 0.5) is 10.1 Å². The second-order valence-electron chi connectivity index (χ2n) is 3.90. The number of hydrogen-bond donors (Lipinski definition) is 1. The van der Waals surface area contributed by atoms with Crippen LogP contribution < -0.4 is 10.2 Å². The molecule has 0 spiro atoms. The topological polar surface area (TPSA) is 15.3 Å². The molecule has 4 heteroatoms. The van der Waals surface area contributed by atoms with E-state index in [9.17, 15) is 4.39 Å². The number of piperazine rings is 1. The Bertz CT molecular complexity index is 356. The fourth-order valence-corrected chi connectivity index (χ4v) is 2.49. The average Bonchev–Trinajstić information content (AvgIpc) is 2.17. The maximum Gasteiger partial charge on any atom is 0.124 e. The fourth-order valence-electron chi connectivity index (χ4n) is 1.89. The van der Waals surface area contributed by atoms with E-state index in [0.717, 1.165) is 29.8 Å². The van der Waals surface area contributed by atoms with E-state index in [0.29, 0.717) is 6.04 Å². The Morgan fingerprint density at radius 2 is 2.33 bits per heavy atom. The molecule has 0 saturated carbocycles. The molecular formula is C11H14BrFN2. The van der Waals surface area contributed by atoms with Gasteiger partial charge in [0.15, 0.2) is 0 Å². The normalized spacial score (nSPS) is 21.8. The molecule has 0 radical (unpaired) electrons. The fraction of sp³-hybridized carbons (Fsp3) is 0.455. The van der Waals surface area contributed by atoms with Gasteiger partial charge in [-0.2, -0.15) is 0 Å². The van der Waals surface area contributed by atoms with Crippen LogP contribution in [0.1, 0.15) is 6.92 Å². The van der Waals surface area contributed by atoms with Crippen LogP contribution in [0, 0.1) is 5.82 Å². The predicted octanol–water partition coefficient (Wildman–Crippen LogP) is 2.39. The first-order valence-corrected chi connectivity index (χ1v) is 5.89. The summed E-state index contributed by atoms with van der Waals surface area (Å²) in [6, 6.07) is 5.34. The van der Waals surface area contributed by atoms with Gasteiger partial charge >= 0.3 is 0 Å². The van der Waals surface area contributed by atoms with E-state index < -0.39 is 0 Å². The van der Waals surface area contributed by atoms with Crippen molar-refractivity contribution in [2.24, 2.45) is 0 Å². The Morgan fingerprint density at radius 1 is 1.53 bits per heavy atom. The quantitative estimate of drug-likeness (QED) is 0.845. The molecular weight excluding hydrogens is 259 g/mol. The molecule has 0 amide bonds. The Morgan fingerprint density at radius 3 is 3.00 bits per heavy atom. The predicted molar refractivity (Wildman–Crippen MR) is 63.8 cm³/mol. The van der Waals surface area contributed by atoms with Gasteiger partial charge in [0.25, 0.3) is 0 Å². The summed E-state index contributed by atoms with van der Waals surface area (Å²) < 4.78 is 13.8. The highest BCUT2D eigenvalue weighted by atomic mass is 79.9. The van der Waals surface area contributed by atoms with Crippen molar-refractivity contribution in [1.82, 2.24) is 5.32 Å². The van der Waals surface area contributed by atoms with Gasteiger partial charge < -0.3 is 10.2 Å². The molecule has 82 valence electrons. The van der Waals surface area contributed by atoms with Crippen molar-refractivity contribution in [3.05, 3.63) is 28.5 Å². The molecule has 1 saturated heterocycles. The minimum absolute atomic E-state index is 0.200. The van der Waals surface area contributed by atoms with Crippen LogP contribution in [0.25, 0.3) is 0 Å². The molecule has 1 fully saturated rings. The van der Waals surface area contributed by atoms with Crippen molar-refractivity contribution >= 4 is 21.6 Å². The zero-order valence-corrected chi connectivity index (χ0v) is 10.2. The second-order valence-corrected chi connectivity index (χ2v) is 4.75. The van der Waals surface area contributed by atoms with E-state index >= 15 is 0 Å². The molecule has 2 nitrogen and oxygen atoms in total. The summed E-state index contributed by atoms with van der Waals surface area (Å²) in [5, 5.41) is 3.38. The van der Waals surface area contributed by atoms with E-state index in [4.69, 9.17) is 0 Å². The third-order valence-corrected chi connectivity index (χ3v) is 3.25. The molecule has 1 aliphatic rings. The van der Waals surface area contributed by atoms with Gasteiger partial charge in [0.2, 0.25) is 0 Å². The largest absolute Gasteiger partial charge is 0.368 e. The number of benzene rings is 1. The first-order valence-electron chi connectivity index (χ1n) is 5.10. The smallest absolute Gasteiger partial charge is 0.124 e. The van der Waals surface area contributed by atoms with Gasteiger partial charge in [-0.25, -0.2) is 4.39 Å². The molecule has 1 heterocycles. The maximum absolute atomic E-state index is 12.9. The molecule has 1 aromatic carbocycles. The van der Waals surface area contributed by atoms with Gasteiger partial charge in [0.05, 0.1) is 5.69 Å². The molecule has 1 atom stereocenters. The minimum Gasteiger partial charge on any atom is -0.368 e. The Balaban J connectivity index is 2.21. The van der Waals surface area contributed by atoms with Gasteiger partial charge in [0, 0.05) is 30.1 Å². The SMILES string of the molecule is CC1CN(c2ccc(F)cc2Br)CCN1. The lowest BCUT2D eigenvalue weighted by atomic mass is 10.2. The van der Waals surface area contributed by atoms with Crippen LogP contribution >= 0.6 is 15.9 Å². The summed E-state index contributed by atoms with van der Waals surface area (Å²) in [4.78, 5) is 2.27. The van der Waals surface area contributed by atoms with Crippen molar-refractivity contribution in [2.75, 3.05) is 24.5 Å². The lowest BCUT2D eigenvalue weighted by Gasteiger charge is -2.34. The van der Waals surface area contributed by atoms with Gasteiger partial charge in [-0.05, 0) is 41.1 Å². The summed E-state index contributed by atoms with van der Waals surface area (Å²) in [7, 11) is 0. The van der Waals surface area contributed by atoms with Gasteiger partial charge in [-0.1, -0.05) is 0 Å². The standard InChI is InChI=1S/C11H14BrFN2/c1-8-7-15(5-4-14-8)11-3-2-9(13)6-10(11)12/h2-3,6,8,14H,4-5,7H2,1H3. The summed E-state index contributed by atoms with van der Waals surface area (Å²) in [6.07, 6.45) is 0. The van der Waals surface area contributed by atoms with E-state index in [-0.39, 0.29) is 5.82 Å². The Hall–Kier alpha value is -0.610. The molecule has 0 aromatic heterocycles. The summed E-state index contributed by atoms with van der Waals surface area (Å²) in [5.74, 6) is -0.200. The van der Waals surface area contributed by atoms with Gasteiger partial charge in [0.1, 0.15) is 5.82 Å². The van der Waals surface area contributed by atoms with Crippen LogP contribution in [0.2, 0.25) is 0 Å². The first-order chi connectivity index (χ1) is 7.16. The zero-order valence-electron chi connectivity index (χ0n) is 8.63. The van der Waals surface area contributed by atoms with Crippen LogP contribution in [-0.2, 0) is 0 Å². The third-order valence-electron chi connectivity index (χ3n) is 2.62. The summed E-state index contributed by atoms with van der Waals surface area (Å²) in [5.41, 5.74) is 1.07. The minimum atomic E-state index is -0.200. The number of halogens is 2. The van der Waals surface area contributed by atoms with E-state index in [2.05, 4.69) is 33.1 Å². The number of hydrogen-bond acceptors (Lipinski definition) is 2. The molecule has 2 rings (SSSR count). The molecule has 1 unspecified atom stereocenters. The molecule has 1 aliphatic heterocycles. The van der Waals surface area contributed by atoms with Gasteiger partial charge in [-0.15, -0.1) is 0 Å². The lowest BCUT2D eigenvalue weighted by molar-refractivity contribution is 0.484. The maximum atomic E-state index is 12.9. The number of anilines is 1. The van der Waals surface area contributed by atoms with Crippen LogP contribution in [0.3, 0.4) is 0 Å². The highest BCUT2D eigenvalue weighted by molar-refractivity contribution is 9.10. The third kappa shape index (κ3) is 2.49. The zero-order chi connectivity index (χ0) is 10.8. The van der Waals surface area contributed by atoms with E-state index in [1.807, 2.05) is 6.07 Å². The average molecular weight is 273 g/mol. The van der Waals surface area contributed by atoms with Crippen molar-refractivity contribution in [3.63, 3.8) is 0 Å². The monoisotopic (exact) mass is 272 g/mol. The molecule has 0 aliphatic carbocycles. The van der Waals surface area contributed by atoms with E-state index in [1.54, 1.807) is 0 Å².